The average molecular weight is 97.2 g/mol. The summed E-state index contributed by atoms with van der Waals surface area (Å²) in [6.07, 6.45) is 1.46. The van der Waals surface area contributed by atoms with Crippen molar-refractivity contribution in [2.45, 2.75) is 0 Å². The summed E-state index contributed by atoms with van der Waals surface area (Å²) in [5, 5.41) is 0. The van der Waals surface area contributed by atoms with Gasteiger partial charge in [0.1, 0.15) is 0 Å². The van der Waals surface area contributed by atoms with Gasteiger partial charge in [0.05, 0.1) is 0 Å². The Morgan fingerprint density at radius 2 is 2.00 bits per heavy atom. The quantitative estimate of drug-likeness (QED) is 0.268. The maximum absolute atomic E-state index is 8.92. The summed E-state index contributed by atoms with van der Waals surface area (Å²) in [6.45, 7) is 0.0139. The van der Waals surface area contributed by atoms with Gasteiger partial charge in [0.25, 0.3) is 0 Å². The van der Waals surface area contributed by atoms with Gasteiger partial charge >= 0.3 is 51.4 Å². The van der Waals surface area contributed by atoms with Crippen molar-refractivity contribution in [2.75, 3.05) is 6.54 Å². The van der Waals surface area contributed by atoms with Crippen LogP contribution in [-0.4, -0.2) is 12.8 Å². The first-order valence-electron chi connectivity index (χ1n) is 0.966. The van der Waals surface area contributed by atoms with E-state index in [-0.39, 0.29) is 57.9 Å². The molecule has 0 aromatic heterocycles. The van der Waals surface area contributed by atoms with Crippen molar-refractivity contribution in [3.63, 3.8) is 0 Å². The van der Waals surface area contributed by atoms with Gasteiger partial charge in [-0.3, -0.25) is 6.29 Å². The molecule has 0 aromatic carbocycles. The molecule has 0 aliphatic carbocycles. The molecule has 3 heteroatoms. The predicted octanol–water partition coefficient (Wildman–Crippen LogP) is -3.94. The summed E-state index contributed by atoms with van der Waals surface area (Å²) < 4.78 is 0. The molecule has 2 N–H and O–H groups in total. The minimum absolute atomic E-state index is 0. The van der Waals surface area contributed by atoms with Crippen LogP contribution in [0.5, 0.6) is 0 Å². The third kappa shape index (κ3) is 10.9. The molecule has 0 saturated heterocycles. The van der Waals surface area contributed by atoms with Crippen LogP contribution in [0, 0.1) is 0 Å². The zero-order valence-corrected chi connectivity index (χ0v) is 6.32. The van der Waals surface area contributed by atoms with Crippen molar-refractivity contribution in [1.82, 2.24) is 0 Å². The number of hydrogen-bond donors (Lipinski definition) is 1. The first-order valence-corrected chi connectivity index (χ1v) is 0.966. The molecule has 0 aromatic rings. The van der Waals surface area contributed by atoms with Crippen molar-refractivity contribution in [1.29, 1.82) is 0 Å². The fraction of sp³-hybridized carbons (Fsp3) is 0.500. The summed E-state index contributed by atoms with van der Waals surface area (Å²) in [4.78, 5) is 8.92. The van der Waals surface area contributed by atoms with E-state index in [0.717, 1.165) is 0 Å². The smallest absolute Gasteiger partial charge is 0.541 e. The molecule has 0 bridgehead atoms. The topological polar surface area (TPSA) is 43.1 Å². The largest absolute Gasteiger partial charge is 1.00 e. The van der Waals surface area contributed by atoms with E-state index in [1.54, 1.807) is 0 Å². The Hall–Kier alpha value is 1.27. The van der Waals surface area contributed by atoms with Crippen LogP contribution in [-0.2, 0) is 4.79 Å². The molecule has 0 amide bonds. The molecule has 0 rings (SSSR count). The van der Waals surface area contributed by atoms with E-state index >= 15 is 0 Å². The van der Waals surface area contributed by atoms with E-state index in [1.807, 2.05) is 0 Å². The van der Waals surface area contributed by atoms with Crippen LogP contribution in [0.15, 0.2) is 0 Å². The van der Waals surface area contributed by atoms with E-state index in [0.29, 0.717) is 0 Å². The molecule has 0 unspecified atom stereocenters. The van der Waals surface area contributed by atoms with Crippen LogP contribution in [0.2, 0.25) is 0 Å². The van der Waals surface area contributed by atoms with Gasteiger partial charge in [0, 0.05) is 0 Å². The molecule has 0 aliphatic rings. The van der Waals surface area contributed by atoms with Gasteiger partial charge in [-0.15, -0.1) is 6.54 Å². The van der Waals surface area contributed by atoms with E-state index in [2.05, 4.69) is 5.73 Å². The Kier molecular flexibility index (Phi) is 17.2. The maximum atomic E-state index is 8.92. The van der Waals surface area contributed by atoms with E-state index < -0.39 is 0 Å². The molecular weight excluding hydrogens is 93.1 g/mol. The molecule has 5 heavy (non-hydrogen) atoms. The molecule has 2 nitrogen and oxygen atoms in total. The second-order valence-corrected chi connectivity index (χ2v) is 0.348. The van der Waals surface area contributed by atoms with Gasteiger partial charge in [0.2, 0.25) is 0 Å². The average Bonchev–Trinajstić information content (AvgIpc) is 1.37. The summed E-state index contributed by atoms with van der Waals surface area (Å²) >= 11 is 0. The van der Waals surface area contributed by atoms with Crippen LogP contribution in [0.25, 0.3) is 0 Å². The van der Waals surface area contributed by atoms with Gasteiger partial charge in [-0.1, -0.05) is 0 Å². The van der Waals surface area contributed by atoms with Crippen LogP contribution in [0.4, 0.5) is 0 Å². The number of nitrogens with two attached hydrogens (primary N) is 1. The van der Waals surface area contributed by atoms with Gasteiger partial charge in [-0.2, -0.15) is 0 Å². The van der Waals surface area contributed by atoms with Gasteiger partial charge in [-0.05, 0) is 0 Å². The third-order valence-corrected chi connectivity index (χ3v) is 0.0833. The summed E-state index contributed by atoms with van der Waals surface area (Å²) in [5.74, 6) is 0. The molecule has 0 heterocycles. The van der Waals surface area contributed by atoms with Crippen molar-refractivity contribution in [2.24, 2.45) is 5.73 Å². The van der Waals surface area contributed by atoms with E-state index in [1.165, 1.54) is 6.29 Å². The van der Waals surface area contributed by atoms with Crippen LogP contribution in [0.3, 0.4) is 0 Å². The Balaban J connectivity index is 0. The van der Waals surface area contributed by atoms with Crippen LogP contribution < -0.4 is 57.1 Å². The Morgan fingerprint density at radius 1 is 1.80 bits per heavy atom. The maximum Gasteiger partial charge on any atom is 1.00 e. The van der Waals surface area contributed by atoms with Gasteiger partial charge in [0.15, 0.2) is 0 Å². The normalized spacial score (nSPS) is 5.00. The zero-order chi connectivity index (χ0) is 3.41. The summed E-state index contributed by atoms with van der Waals surface area (Å²) in [7, 11) is 0. The standard InChI is InChI=1S/C2H4NO.K/c3-1-2-4;/h1,3H2;/q-1;+1. The first kappa shape index (κ1) is 9.55. The molecule has 0 saturated carbocycles. The van der Waals surface area contributed by atoms with Gasteiger partial charge in [-0.25, -0.2) is 0 Å². The van der Waals surface area contributed by atoms with Crippen molar-refractivity contribution < 1.29 is 56.2 Å². The molecule has 0 atom stereocenters. The SMILES string of the molecule is NC[C-]=O.[K+]. The van der Waals surface area contributed by atoms with Crippen molar-refractivity contribution >= 4 is 6.29 Å². The molecule has 0 fully saturated rings. The minimum atomic E-state index is 0. The monoisotopic (exact) mass is 97.0 g/mol. The second-order valence-electron chi connectivity index (χ2n) is 0.348. The van der Waals surface area contributed by atoms with E-state index in [4.69, 9.17) is 4.79 Å². The summed E-state index contributed by atoms with van der Waals surface area (Å²) in [6, 6.07) is 0. The Morgan fingerprint density at radius 3 is 2.00 bits per heavy atom. The first-order chi connectivity index (χ1) is 1.91. The molecule has 0 aliphatic heterocycles. The molecule has 0 radical (unpaired) electrons. The second kappa shape index (κ2) is 8.98. The number of hydrogen-bond acceptors (Lipinski definition) is 2. The fourth-order valence-corrected chi connectivity index (χ4v) is 0. The molecule has 24 valence electrons. The zero-order valence-electron chi connectivity index (χ0n) is 3.19. The molecule has 0 spiro atoms. The Bertz CT molecular complexity index is 23.6. The van der Waals surface area contributed by atoms with Crippen LogP contribution in [0.1, 0.15) is 0 Å². The Labute approximate surface area is 73.5 Å². The third-order valence-electron chi connectivity index (χ3n) is 0.0833. The van der Waals surface area contributed by atoms with Crippen molar-refractivity contribution in [3.8, 4) is 0 Å². The van der Waals surface area contributed by atoms with Crippen LogP contribution >= 0.6 is 0 Å². The number of carbonyl (C=O) groups excluding carboxylic acids is 1. The van der Waals surface area contributed by atoms with Crippen molar-refractivity contribution in [3.05, 3.63) is 0 Å². The van der Waals surface area contributed by atoms with Gasteiger partial charge < -0.3 is 10.5 Å². The summed E-state index contributed by atoms with van der Waals surface area (Å²) in [5.41, 5.74) is 4.60. The number of rotatable bonds is 1. The molecular formula is C2H4KNO. The predicted molar refractivity (Wildman–Crippen MR) is 14.7 cm³/mol. The van der Waals surface area contributed by atoms with E-state index in [9.17, 15) is 0 Å². The minimum Gasteiger partial charge on any atom is -0.541 e. The fourth-order valence-electron chi connectivity index (χ4n) is 0.